The fourth-order valence-electron chi connectivity index (χ4n) is 3.20. The number of guanidine groups is 1. The highest BCUT2D eigenvalue weighted by molar-refractivity contribution is 14.0. The van der Waals surface area contributed by atoms with Gasteiger partial charge in [-0.2, -0.15) is 5.10 Å². The Morgan fingerprint density at radius 1 is 1.19 bits per heavy atom. The summed E-state index contributed by atoms with van der Waals surface area (Å²) < 4.78 is 7.07. The number of halogens is 1. The second kappa shape index (κ2) is 8.08. The number of hydrogen-bond donors (Lipinski definition) is 1. The zero-order chi connectivity index (χ0) is 18.9. The topological polar surface area (TPSA) is 54.7 Å². The van der Waals surface area contributed by atoms with Gasteiger partial charge in [0.1, 0.15) is 5.75 Å². The maximum Gasteiger partial charge on any atom is 0.194 e. The summed E-state index contributed by atoms with van der Waals surface area (Å²) in [4.78, 5) is 6.78. The third kappa shape index (κ3) is 4.07. The molecule has 1 fully saturated rings. The Hall–Kier alpha value is -1.77. The molecule has 2 heterocycles. The molecule has 1 aromatic heterocycles. The summed E-state index contributed by atoms with van der Waals surface area (Å²) >= 11 is 0. The van der Waals surface area contributed by atoms with Crippen molar-refractivity contribution in [2.75, 3.05) is 20.7 Å². The molecule has 0 radical (unpaired) electrons. The van der Waals surface area contributed by atoms with Crippen LogP contribution in [-0.4, -0.2) is 46.9 Å². The van der Waals surface area contributed by atoms with E-state index in [2.05, 4.69) is 48.0 Å². The first-order chi connectivity index (χ1) is 12.3. The van der Waals surface area contributed by atoms with Gasteiger partial charge in [0.2, 0.25) is 0 Å². The standard InChI is InChI=1S/C20H29N5O.HI/c1-19(2)14-24(20(19,3)4)18(21-5)22-13-15-11-12-25(23-15)16-7-9-17(26-6)10-8-16;/h7-12H,13-14H2,1-6H3,(H,21,22);1H. The van der Waals surface area contributed by atoms with Crippen LogP contribution in [0.3, 0.4) is 0 Å². The van der Waals surface area contributed by atoms with Gasteiger partial charge in [-0.3, -0.25) is 4.99 Å². The Morgan fingerprint density at radius 2 is 1.85 bits per heavy atom. The van der Waals surface area contributed by atoms with Gasteiger partial charge in [-0.25, -0.2) is 4.68 Å². The molecule has 0 aliphatic carbocycles. The number of aliphatic imine (C=N–C) groups is 1. The van der Waals surface area contributed by atoms with Crippen LogP contribution in [0.25, 0.3) is 5.69 Å². The van der Waals surface area contributed by atoms with E-state index in [0.29, 0.717) is 6.54 Å². The second-order valence-corrected chi connectivity index (χ2v) is 7.88. The van der Waals surface area contributed by atoms with Gasteiger partial charge in [-0.15, -0.1) is 24.0 Å². The molecule has 0 unspecified atom stereocenters. The molecule has 27 heavy (non-hydrogen) atoms. The van der Waals surface area contributed by atoms with Gasteiger partial charge in [0, 0.05) is 30.7 Å². The zero-order valence-electron chi connectivity index (χ0n) is 17.0. The SMILES string of the molecule is CN=C(NCc1ccn(-c2ccc(OC)cc2)n1)N1CC(C)(C)C1(C)C.I. The molecule has 0 spiro atoms. The Morgan fingerprint density at radius 3 is 2.37 bits per heavy atom. The van der Waals surface area contributed by atoms with E-state index in [0.717, 1.165) is 29.6 Å². The van der Waals surface area contributed by atoms with Gasteiger partial charge in [-0.05, 0) is 44.2 Å². The van der Waals surface area contributed by atoms with Crippen LogP contribution in [0, 0.1) is 5.41 Å². The highest BCUT2D eigenvalue weighted by atomic mass is 127. The molecule has 0 atom stereocenters. The zero-order valence-corrected chi connectivity index (χ0v) is 19.3. The second-order valence-electron chi connectivity index (χ2n) is 7.88. The Balaban J connectivity index is 0.00000261. The molecular weight excluding hydrogens is 453 g/mol. The number of ether oxygens (including phenoxy) is 1. The van der Waals surface area contributed by atoms with Crippen molar-refractivity contribution in [3.63, 3.8) is 0 Å². The van der Waals surface area contributed by atoms with Crippen LogP contribution in [-0.2, 0) is 6.54 Å². The number of nitrogens with one attached hydrogen (secondary N) is 1. The van der Waals surface area contributed by atoms with E-state index < -0.39 is 0 Å². The molecule has 1 N–H and O–H groups in total. The molecule has 2 aromatic rings. The molecule has 148 valence electrons. The fourth-order valence-corrected chi connectivity index (χ4v) is 3.20. The van der Waals surface area contributed by atoms with Crippen molar-refractivity contribution in [3.8, 4) is 11.4 Å². The van der Waals surface area contributed by atoms with Crippen molar-refractivity contribution in [1.29, 1.82) is 0 Å². The van der Waals surface area contributed by atoms with Crippen LogP contribution >= 0.6 is 24.0 Å². The van der Waals surface area contributed by atoms with Gasteiger partial charge in [0.05, 0.1) is 25.0 Å². The van der Waals surface area contributed by atoms with Gasteiger partial charge >= 0.3 is 0 Å². The van der Waals surface area contributed by atoms with Crippen molar-refractivity contribution in [1.82, 2.24) is 20.0 Å². The molecule has 1 aromatic carbocycles. The quantitative estimate of drug-likeness (QED) is 0.410. The molecule has 6 nitrogen and oxygen atoms in total. The Labute approximate surface area is 179 Å². The molecular formula is C20H30IN5O. The molecule has 1 saturated heterocycles. The van der Waals surface area contributed by atoms with Crippen LogP contribution in [0.5, 0.6) is 5.75 Å². The lowest BCUT2D eigenvalue weighted by atomic mass is 9.65. The maximum atomic E-state index is 5.20. The van der Waals surface area contributed by atoms with E-state index in [9.17, 15) is 0 Å². The highest BCUT2D eigenvalue weighted by Gasteiger charge is 2.53. The van der Waals surface area contributed by atoms with E-state index in [-0.39, 0.29) is 34.9 Å². The van der Waals surface area contributed by atoms with Crippen LogP contribution < -0.4 is 10.1 Å². The van der Waals surface area contributed by atoms with E-state index in [4.69, 9.17) is 4.74 Å². The average molecular weight is 483 g/mol. The first kappa shape index (κ1) is 21.5. The first-order valence-corrected chi connectivity index (χ1v) is 8.96. The fraction of sp³-hybridized carbons (Fsp3) is 0.500. The molecule has 0 saturated carbocycles. The number of hydrogen-bond acceptors (Lipinski definition) is 3. The van der Waals surface area contributed by atoms with Gasteiger partial charge in [0.25, 0.3) is 0 Å². The Bertz CT molecular complexity index is 795. The summed E-state index contributed by atoms with van der Waals surface area (Å²) in [6, 6.07) is 9.88. The third-order valence-electron chi connectivity index (χ3n) is 5.76. The van der Waals surface area contributed by atoms with E-state index in [1.54, 1.807) is 7.11 Å². The predicted molar refractivity (Wildman–Crippen MR) is 120 cm³/mol. The van der Waals surface area contributed by atoms with Gasteiger partial charge in [-0.1, -0.05) is 13.8 Å². The minimum Gasteiger partial charge on any atom is -0.497 e. The summed E-state index contributed by atoms with van der Waals surface area (Å²) in [5.41, 5.74) is 2.34. The summed E-state index contributed by atoms with van der Waals surface area (Å²) in [7, 11) is 3.50. The van der Waals surface area contributed by atoms with Crippen LogP contribution in [0.4, 0.5) is 0 Å². The minimum atomic E-state index is 0. The van der Waals surface area contributed by atoms with E-state index in [1.165, 1.54) is 0 Å². The molecule has 3 rings (SSSR count). The highest BCUT2D eigenvalue weighted by Crippen LogP contribution is 2.46. The average Bonchev–Trinajstić information content (AvgIpc) is 3.10. The summed E-state index contributed by atoms with van der Waals surface area (Å²) in [6.07, 6.45) is 1.97. The molecule has 1 aliphatic heterocycles. The van der Waals surface area contributed by atoms with Crippen molar-refractivity contribution < 1.29 is 4.74 Å². The minimum absolute atomic E-state index is 0. The summed E-state index contributed by atoms with van der Waals surface area (Å²) in [5, 5.41) is 8.09. The van der Waals surface area contributed by atoms with Crippen molar-refractivity contribution in [2.45, 2.75) is 39.8 Å². The number of rotatable bonds is 4. The van der Waals surface area contributed by atoms with E-state index in [1.807, 2.05) is 48.3 Å². The normalized spacial score (nSPS) is 17.7. The molecule has 0 bridgehead atoms. The van der Waals surface area contributed by atoms with Crippen molar-refractivity contribution >= 4 is 29.9 Å². The van der Waals surface area contributed by atoms with Crippen molar-refractivity contribution in [2.24, 2.45) is 10.4 Å². The molecule has 1 aliphatic rings. The number of likely N-dealkylation sites (tertiary alicyclic amines) is 1. The van der Waals surface area contributed by atoms with Gasteiger partial charge in [0.15, 0.2) is 5.96 Å². The number of nitrogens with zero attached hydrogens (tertiary/aromatic N) is 4. The predicted octanol–water partition coefficient (Wildman–Crippen LogP) is 3.69. The van der Waals surface area contributed by atoms with Crippen molar-refractivity contribution in [3.05, 3.63) is 42.2 Å². The lowest BCUT2D eigenvalue weighted by Gasteiger charge is -2.62. The lowest BCUT2D eigenvalue weighted by molar-refractivity contribution is -0.0668. The monoisotopic (exact) mass is 483 g/mol. The largest absolute Gasteiger partial charge is 0.497 e. The maximum absolute atomic E-state index is 5.20. The van der Waals surface area contributed by atoms with Gasteiger partial charge < -0.3 is 15.0 Å². The first-order valence-electron chi connectivity index (χ1n) is 8.96. The molecule has 0 amide bonds. The smallest absolute Gasteiger partial charge is 0.194 e. The summed E-state index contributed by atoms with van der Waals surface area (Å²) in [5.74, 6) is 1.76. The van der Waals surface area contributed by atoms with Crippen LogP contribution in [0.15, 0.2) is 41.5 Å². The molecule has 7 heteroatoms. The number of methoxy groups -OCH3 is 1. The lowest BCUT2D eigenvalue weighted by Crippen LogP contribution is -2.72. The number of benzene rings is 1. The number of aromatic nitrogens is 2. The van der Waals surface area contributed by atoms with Crippen LogP contribution in [0.2, 0.25) is 0 Å². The summed E-state index contributed by atoms with van der Waals surface area (Å²) in [6.45, 7) is 10.8. The third-order valence-corrected chi connectivity index (χ3v) is 5.76. The van der Waals surface area contributed by atoms with Crippen LogP contribution in [0.1, 0.15) is 33.4 Å². The Kier molecular flexibility index (Phi) is 6.44. The van der Waals surface area contributed by atoms with E-state index >= 15 is 0 Å².